The number of phenolic OH excluding ortho intramolecular Hbond substituents is 1. The SMILES string of the molecule is CCOP(=O)(c1ccccc1)c1ccc(O)cc1. The first-order valence-electron chi connectivity index (χ1n) is 5.76. The normalized spacial score (nSPS) is 14.1. The zero-order valence-corrected chi connectivity index (χ0v) is 11.0. The maximum absolute atomic E-state index is 13.0. The van der Waals surface area contributed by atoms with E-state index in [1.54, 1.807) is 24.3 Å². The molecule has 94 valence electrons. The van der Waals surface area contributed by atoms with E-state index in [1.807, 2.05) is 25.1 Å². The Morgan fingerprint density at radius 1 is 1.00 bits per heavy atom. The summed E-state index contributed by atoms with van der Waals surface area (Å²) in [6.45, 7) is 2.18. The Kier molecular flexibility index (Phi) is 3.85. The summed E-state index contributed by atoms with van der Waals surface area (Å²) in [5, 5.41) is 10.5. The molecule has 0 spiro atoms. The van der Waals surface area contributed by atoms with Gasteiger partial charge >= 0.3 is 0 Å². The molecule has 0 amide bonds. The first-order chi connectivity index (χ1) is 8.66. The lowest BCUT2D eigenvalue weighted by atomic mass is 10.3. The van der Waals surface area contributed by atoms with E-state index in [0.29, 0.717) is 17.2 Å². The van der Waals surface area contributed by atoms with Gasteiger partial charge in [0.1, 0.15) is 5.75 Å². The minimum atomic E-state index is -3.06. The highest BCUT2D eigenvalue weighted by atomic mass is 31.2. The van der Waals surface area contributed by atoms with Crippen molar-refractivity contribution in [2.75, 3.05) is 6.61 Å². The number of aromatic hydroxyl groups is 1. The monoisotopic (exact) mass is 262 g/mol. The maximum Gasteiger partial charge on any atom is 0.261 e. The number of hydrogen-bond donors (Lipinski definition) is 1. The first-order valence-corrected chi connectivity index (χ1v) is 7.39. The second-order valence-corrected chi connectivity index (χ2v) is 6.22. The van der Waals surface area contributed by atoms with Crippen molar-refractivity contribution in [3.05, 3.63) is 54.6 Å². The molecule has 2 aromatic carbocycles. The van der Waals surface area contributed by atoms with E-state index in [0.717, 1.165) is 0 Å². The molecule has 2 aromatic rings. The second-order valence-electron chi connectivity index (χ2n) is 3.82. The topological polar surface area (TPSA) is 46.5 Å². The molecule has 0 aliphatic carbocycles. The van der Waals surface area contributed by atoms with Crippen molar-refractivity contribution in [3.63, 3.8) is 0 Å². The van der Waals surface area contributed by atoms with Gasteiger partial charge in [-0.25, -0.2) is 0 Å². The van der Waals surface area contributed by atoms with Crippen LogP contribution < -0.4 is 10.6 Å². The Balaban J connectivity index is 2.51. The number of rotatable bonds is 4. The molecule has 18 heavy (non-hydrogen) atoms. The fraction of sp³-hybridized carbons (Fsp3) is 0.143. The first kappa shape index (κ1) is 12.9. The number of benzene rings is 2. The van der Waals surface area contributed by atoms with Crippen molar-refractivity contribution >= 4 is 18.0 Å². The maximum atomic E-state index is 13.0. The standard InChI is InChI=1S/C14H15O3P/c1-2-17-18(16,13-6-4-3-5-7-13)14-10-8-12(15)9-11-14/h3-11,15H,2H2,1H3. The zero-order chi connectivity index (χ0) is 13.0. The molecule has 0 aliphatic rings. The van der Waals surface area contributed by atoms with Crippen molar-refractivity contribution in [2.45, 2.75) is 6.92 Å². The molecule has 3 nitrogen and oxygen atoms in total. The van der Waals surface area contributed by atoms with Crippen molar-refractivity contribution in [3.8, 4) is 5.75 Å². The van der Waals surface area contributed by atoms with Gasteiger partial charge in [0.15, 0.2) is 0 Å². The molecular formula is C14H15O3P. The average molecular weight is 262 g/mol. The van der Waals surface area contributed by atoms with E-state index in [9.17, 15) is 9.67 Å². The summed E-state index contributed by atoms with van der Waals surface area (Å²) in [6, 6.07) is 15.4. The molecule has 0 saturated heterocycles. The quantitative estimate of drug-likeness (QED) is 0.862. The van der Waals surface area contributed by atoms with E-state index >= 15 is 0 Å². The minimum Gasteiger partial charge on any atom is -0.508 e. The summed E-state index contributed by atoms with van der Waals surface area (Å²) in [6.07, 6.45) is 0. The molecule has 2 rings (SSSR count). The predicted octanol–water partition coefficient (Wildman–Crippen LogP) is 2.66. The summed E-state index contributed by atoms with van der Waals surface area (Å²) in [4.78, 5) is 0. The molecule has 0 heterocycles. The van der Waals surface area contributed by atoms with E-state index in [-0.39, 0.29) is 5.75 Å². The summed E-state index contributed by atoms with van der Waals surface area (Å²) < 4.78 is 18.5. The Morgan fingerprint density at radius 3 is 2.11 bits per heavy atom. The Hall–Kier alpha value is -1.57. The zero-order valence-electron chi connectivity index (χ0n) is 10.1. The van der Waals surface area contributed by atoms with Gasteiger partial charge in [-0.15, -0.1) is 0 Å². The van der Waals surface area contributed by atoms with Gasteiger partial charge in [-0.05, 0) is 43.3 Å². The summed E-state index contributed by atoms with van der Waals surface area (Å²) >= 11 is 0. The van der Waals surface area contributed by atoms with Gasteiger partial charge in [-0.1, -0.05) is 18.2 Å². The van der Waals surface area contributed by atoms with Crippen molar-refractivity contribution in [1.82, 2.24) is 0 Å². The Bertz CT molecular complexity index is 549. The van der Waals surface area contributed by atoms with Crippen LogP contribution in [0, 0.1) is 0 Å². The molecule has 0 bridgehead atoms. The van der Waals surface area contributed by atoms with Crippen LogP contribution in [0.25, 0.3) is 0 Å². The minimum absolute atomic E-state index is 0.148. The largest absolute Gasteiger partial charge is 0.508 e. The van der Waals surface area contributed by atoms with Crippen molar-refractivity contribution in [1.29, 1.82) is 0 Å². The second kappa shape index (κ2) is 5.38. The van der Waals surface area contributed by atoms with Crippen LogP contribution in [0.1, 0.15) is 6.92 Å². The van der Waals surface area contributed by atoms with Gasteiger partial charge < -0.3 is 9.63 Å². The molecular weight excluding hydrogens is 247 g/mol. The van der Waals surface area contributed by atoms with Crippen LogP contribution in [-0.4, -0.2) is 11.7 Å². The van der Waals surface area contributed by atoms with Crippen LogP contribution in [0.3, 0.4) is 0 Å². The lowest BCUT2D eigenvalue weighted by Crippen LogP contribution is -2.17. The Labute approximate surface area is 107 Å². The molecule has 0 saturated carbocycles. The Morgan fingerprint density at radius 2 is 1.56 bits per heavy atom. The highest BCUT2D eigenvalue weighted by Crippen LogP contribution is 2.44. The number of phenols is 1. The van der Waals surface area contributed by atoms with Gasteiger partial charge in [0, 0.05) is 10.6 Å². The van der Waals surface area contributed by atoms with Gasteiger partial charge in [-0.2, -0.15) is 0 Å². The van der Waals surface area contributed by atoms with Crippen LogP contribution in [0.4, 0.5) is 0 Å². The molecule has 1 atom stereocenters. The van der Waals surface area contributed by atoms with Crippen molar-refractivity contribution in [2.24, 2.45) is 0 Å². The molecule has 4 heteroatoms. The van der Waals surface area contributed by atoms with E-state index in [1.165, 1.54) is 12.1 Å². The lowest BCUT2D eigenvalue weighted by molar-refractivity contribution is 0.348. The van der Waals surface area contributed by atoms with Gasteiger partial charge in [0.05, 0.1) is 6.61 Å². The summed E-state index contributed by atoms with van der Waals surface area (Å²) in [7, 11) is -3.06. The van der Waals surface area contributed by atoms with Crippen LogP contribution >= 0.6 is 7.37 Å². The number of hydrogen-bond acceptors (Lipinski definition) is 3. The highest BCUT2D eigenvalue weighted by Gasteiger charge is 2.27. The third-order valence-corrected chi connectivity index (χ3v) is 5.17. The summed E-state index contributed by atoms with van der Waals surface area (Å²) in [5.74, 6) is 0.148. The molecule has 1 unspecified atom stereocenters. The van der Waals surface area contributed by atoms with Crippen molar-refractivity contribution < 1.29 is 14.2 Å². The van der Waals surface area contributed by atoms with Gasteiger partial charge in [-0.3, -0.25) is 4.57 Å². The van der Waals surface area contributed by atoms with Crippen LogP contribution in [0.15, 0.2) is 54.6 Å². The lowest BCUT2D eigenvalue weighted by Gasteiger charge is -2.18. The van der Waals surface area contributed by atoms with Crippen LogP contribution in [0.5, 0.6) is 5.75 Å². The fourth-order valence-electron chi connectivity index (χ4n) is 1.75. The van der Waals surface area contributed by atoms with Gasteiger partial charge in [0.25, 0.3) is 7.37 Å². The van der Waals surface area contributed by atoms with Crippen LogP contribution in [-0.2, 0) is 9.09 Å². The summed E-state index contributed by atoms with van der Waals surface area (Å²) in [5.41, 5.74) is 0. The molecule has 0 aromatic heterocycles. The predicted molar refractivity (Wildman–Crippen MR) is 73.0 cm³/mol. The molecule has 0 radical (unpaired) electrons. The molecule has 0 aliphatic heterocycles. The van der Waals surface area contributed by atoms with E-state index in [2.05, 4.69) is 0 Å². The van der Waals surface area contributed by atoms with E-state index in [4.69, 9.17) is 4.52 Å². The highest BCUT2D eigenvalue weighted by molar-refractivity contribution is 7.74. The smallest absolute Gasteiger partial charge is 0.261 e. The van der Waals surface area contributed by atoms with E-state index < -0.39 is 7.37 Å². The third-order valence-electron chi connectivity index (χ3n) is 2.60. The van der Waals surface area contributed by atoms with Gasteiger partial charge in [0.2, 0.25) is 0 Å². The average Bonchev–Trinajstić information content (AvgIpc) is 2.40. The molecule has 1 N–H and O–H groups in total. The van der Waals surface area contributed by atoms with Crippen LogP contribution in [0.2, 0.25) is 0 Å². The fourth-order valence-corrected chi connectivity index (χ4v) is 3.82. The third kappa shape index (κ3) is 2.47. The molecule has 0 fully saturated rings.